The van der Waals surface area contributed by atoms with Crippen molar-refractivity contribution in [3.05, 3.63) is 58.2 Å². The molecule has 1 N–H and O–H groups in total. The average molecular weight is 355 g/mol. The second-order valence-electron chi connectivity index (χ2n) is 4.42. The van der Waals surface area contributed by atoms with E-state index in [1.807, 2.05) is 37.3 Å². The van der Waals surface area contributed by atoms with E-state index >= 15 is 0 Å². The normalized spacial score (nSPS) is 11.3. The van der Waals surface area contributed by atoms with Gasteiger partial charge in [0.05, 0.1) is 11.4 Å². The fraction of sp³-hybridized carbons (Fsp3) is 0.214. The highest BCUT2D eigenvalue weighted by Gasteiger charge is 2.12. The second kappa shape index (κ2) is 6.37. The van der Waals surface area contributed by atoms with Gasteiger partial charge in [0.25, 0.3) is 0 Å². The number of hydrogen-bond donors (Lipinski definition) is 1. The van der Waals surface area contributed by atoms with Gasteiger partial charge in [-0.1, -0.05) is 30.3 Å². The standard InChI is InChI=1S/C14H15BrN2O2S/c1-11-13(15)7-8-14(16-11)17-20(18,19)10-9-12-5-3-2-4-6-12/h2-8H,9-10H2,1H3,(H,16,17). The second-order valence-corrected chi connectivity index (χ2v) is 7.12. The van der Waals surface area contributed by atoms with Gasteiger partial charge >= 0.3 is 0 Å². The van der Waals surface area contributed by atoms with Crippen LogP contribution in [-0.4, -0.2) is 19.2 Å². The molecule has 0 saturated carbocycles. The van der Waals surface area contributed by atoms with Crippen LogP contribution in [0.25, 0.3) is 0 Å². The molecule has 0 amide bonds. The van der Waals surface area contributed by atoms with Crippen molar-refractivity contribution in [2.24, 2.45) is 0 Å². The Morgan fingerprint density at radius 1 is 1.15 bits per heavy atom. The predicted molar refractivity (Wildman–Crippen MR) is 84.2 cm³/mol. The third-order valence-electron chi connectivity index (χ3n) is 2.78. The van der Waals surface area contributed by atoms with E-state index in [0.717, 1.165) is 15.7 Å². The minimum atomic E-state index is -3.39. The summed E-state index contributed by atoms with van der Waals surface area (Å²) >= 11 is 3.33. The van der Waals surface area contributed by atoms with Crippen molar-refractivity contribution in [1.82, 2.24) is 4.98 Å². The van der Waals surface area contributed by atoms with Gasteiger partial charge in [-0.2, -0.15) is 0 Å². The third kappa shape index (κ3) is 4.31. The number of halogens is 1. The molecule has 1 heterocycles. The highest BCUT2D eigenvalue weighted by Crippen LogP contribution is 2.17. The summed E-state index contributed by atoms with van der Waals surface area (Å²) in [5, 5.41) is 0. The zero-order chi connectivity index (χ0) is 14.6. The summed E-state index contributed by atoms with van der Waals surface area (Å²) in [5.41, 5.74) is 1.74. The van der Waals surface area contributed by atoms with E-state index in [9.17, 15) is 8.42 Å². The minimum Gasteiger partial charge on any atom is -0.267 e. The summed E-state index contributed by atoms with van der Waals surface area (Å²) in [4.78, 5) is 4.18. The van der Waals surface area contributed by atoms with E-state index < -0.39 is 10.0 Å². The van der Waals surface area contributed by atoms with Crippen LogP contribution in [-0.2, 0) is 16.4 Å². The van der Waals surface area contributed by atoms with Crippen LogP contribution in [0.5, 0.6) is 0 Å². The van der Waals surface area contributed by atoms with Crippen molar-refractivity contribution >= 4 is 31.8 Å². The van der Waals surface area contributed by atoms with Gasteiger partial charge in [0.2, 0.25) is 10.0 Å². The van der Waals surface area contributed by atoms with Crippen molar-refractivity contribution in [2.75, 3.05) is 10.5 Å². The Kier molecular flexibility index (Phi) is 4.77. The molecule has 0 atom stereocenters. The molecule has 0 saturated heterocycles. The maximum absolute atomic E-state index is 12.0. The number of aryl methyl sites for hydroxylation is 2. The smallest absolute Gasteiger partial charge is 0.234 e. The van der Waals surface area contributed by atoms with E-state index in [1.165, 1.54) is 0 Å². The molecule has 2 rings (SSSR count). The minimum absolute atomic E-state index is 0.0355. The van der Waals surface area contributed by atoms with Gasteiger partial charge in [0, 0.05) is 4.47 Å². The Balaban J connectivity index is 2.02. The van der Waals surface area contributed by atoms with Gasteiger partial charge in [0.1, 0.15) is 5.82 Å². The van der Waals surface area contributed by atoms with E-state index in [0.29, 0.717) is 12.2 Å². The van der Waals surface area contributed by atoms with Crippen molar-refractivity contribution in [1.29, 1.82) is 0 Å². The number of aromatic nitrogens is 1. The van der Waals surface area contributed by atoms with Crippen LogP contribution in [0.15, 0.2) is 46.9 Å². The Labute approximate surface area is 127 Å². The summed E-state index contributed by atoms with van der Waals surface area (Å²) in [6.45, 7) is 1.81. The summed E-state index contributed by atoms with van der Waals surface area (Å²) in [5.74, 6) is 0.382. The molecule has 0 aliphatic rings. The fourth-order valence-electron chi connectivity index (χ4n) is 1.71. The first kappa shape index (κ1) is 15.0. The average Bonchev–Trinajstić information content (AvgIpc) is 2.42. The first-order valence-electron chi connectivity index (χ1n) is 6.14. The molecule has 0 radical (unpaired) electrons. The summed E-state index contributed by atoms with van der Waals surface area (Å²) in [6, 6.07) is 12.9. The van der Waals surface area contributed by atoms with Crippen molar-refractivity contribution in [3.8, 4) is 0 Å². The lowest BCUT2D eigenvalue weighted by atomic mass is 10.2. The number of nitrogens with one attached hydrogen (secondary N) is 1. The molecular weight excluding hydrogens is 340 g/mol. The van der Waals surface area contributed by atoms with Crippen LogP contribution < -0.4 is 4.72 Å². The molecule has 6 heteroatoms. The molecule has 4 nitrogen and oxygen atoms in total. The summed E-state index contributed by atoms with van der Waals surface area (Å²) < 4.78 is 27.4. The van der Waals surface area contributed by atoms with E-state index in [-0.39, 0.29) is 5.75 Å². The lowest BCUT2D eigenvalue weighted by molar-refractivity contribution is 0.600. The number of anilines is 1. The quantitative estimate of drug-likeness (QED) is 0.897. The van der Waals surface area contributed by atoms with Crippen LogP contribution in [0.1, 0.15) is 11.3 Å². The lowest BCUT2D eigenvalue weighted by Gasteiger charge is -2.08. The highest BCUT2D eigenvalue weighted by molar-refractivity contribution is 9.10. The topological polar surface area (TPSA) is 59.1 Å². The van der Waals surface area contributed by atoms with E-state index in [1.54, 1.807) is 12.1 Å². The van der Waals surface area contributed by atoms with Gasteiger partial charge in [-0.05, 0) is 47.0 Å². The molecule has 1 aromatic carbocycles. The first-order chi connectivity index (χ1) is 9.46. The molecule has 0 bridgehead atoms. The maximum atomic E-state index is 12.0. The molecule has 0 spiro atoms. The lowest BCUT2D eigenvalue weighted by Crippen LogP contribution is -2.19. The molecule has 0 fully saturated rings. The maximum Gasteiger partial charge on any atom is 0.234 e. The first-order valence-corrected chi connectivity index (χ1v) is 8.58. The van der Waals surface area contributed by atoms with Crippen LogP contribution >= 0.6 is 15.9 Å². The van der Waals surface area contributed by atoms with Gasteiger partial charge in [0.15, 0.2) is 0 Å². The van der Waals surface area contributed by atoms with Crippen molar-refractivity contribution in [2.45, 2.75) is 13.3 Å². The molecule has 106 valence electrons. The van der Waals surface area contributed by atoms with Crippen molar-refractivity contribution < 1.29 is 8.42 Å². The van der Waals surface area contributed by atoms with Gasteiger partial charge < -0.3 is 0 Å². The van der Waals surface area contributed by atoms with Gasteiger partial charge in [-0.25, -0.2) is 13.4 Å². The summed E-state index contributed by atoms with van der Waals surface area (Å²) in [7, 11) is -3.39. The molecule has 0 unspecified atom stereocenters. The highest BCUT2D eigenvalue weighted by atomic mass is 79.9. The molecule has 0 aliphatic carbocycles. The number of benzene rings is 1. The number of hydrogen-bond acceptors (Lipinski definition) is 3. The van der Waals surface area contributed by atoms with E-state index in [2.05, 4.69) is 25.6 Å². The number of nitrogens with zero attached hydrogens (tertiary/aromatic N) is 1. The number of pyridine rings is 1. The molecular formula is C14H15BrN2O2S. The Hall–Kier alpha value is -1.40. The van der Waals surface area contributed by atoms with Crippen molar-refractivity contribution in [3.63, 3.8) is 0 Å². The Morgan fingerprint density at radius 3 is 2.50 bits per heavy atom. The number of rotatable bonds is 5. The zero-order valence-electron chi connectivity index (χ0n) is 11.0. The molecule has 20 heavy (non-hydrogen) atoms. The van der Waals surface area contributed by atoms with Gasteiger partial charge in [-0.15, -0.1) is 0 Å². The van der Waals surface area contributed by atoms with Crippen LogP contribution in [0.2, 0.25) is 0 Å². The zero-order valence-corrected chi connectivity index (χ0v) is 13.4. The van der Waals surface area contributed by atoms with Crippen LogP contribution in [0, 0.1) is 6.92 Å². The monoisotopic (exact) mass is 354 g/mol. The molecule has 0 aliphatic heterocycles. The predicted octanol–water partition coefficient (Wildman–Crippen LogP) is 3.14. The SMILES string of the molecule is Cc1nc(NS(=O)(=O)CCc2ccccc2)ccc1Br. The van der Waals surface area contributed by atoms with E-state index in [4.69, 9.17) is 0 Å². The summed E-state index contributed by atoms with van der Waals surface area (Å²) in [6.07, 6.45) is 0.478. The van der Waals surface area contributed by atoms with Crippen LogP contribution in [0.4, 0.5) is 5.82 Å². The van der Waals surface area contributed by atoms with Crippen LogP contribution in [0.3, 0.4) is 0 Å². The Morgan fingerprint density at radius 2 is 1.85 bits per heavy atom. The molecule has 2 aromatic rings. The molecule has 1 aromatic heterocycles. The third-order valence-corrected chi connectivity index (χ3v) is 4.88. The number of sulfonamides is 1. The van der Waals surface area contributed by atoms with Gasteiger partial charge in [-0.3, -0.25) is 4.72 Å². The Bertz CT molecular complexity index is 688. The fourth-order valence-corrected chi connectivity index (χ4v) is 2.97. The largest absolute Gasteiger partial charge is 0.267 e.